The molecule has 1 fully saturated rings. The van der Waals surface area contributed by atoms with Crippen LogP contribution in [0.25, 0.3) is 0 Å². The Morgan fingerprint density at radius 3 is 2.69 bits per heavy atom. The predicted molar refractivity (Wildman–Crippen MR) is 94.3 cm³/mol. The molecule has 0 unspecified atom stereocenters. The summed E-state index contributed by atoms with van der Waals surface area (Å²) in [4.78, 5) is 18.6. The Kier molecular flexibility index (Phi) is 6.08. The SMILES string of the molecule is O=C(Nc1ccc(F)cc1F)c1ccc(NCCN2CCOCC2)nc1. The monoisotopic (exact) mass is 362 g/mol. The van der Waals surface area contributed by atoms with Gasteiger partial charge in [-0.1, -0.05) is 0 Å². The molecule has 0 spiro atoms. The highest BCUT2D eigenvalue weighted by molar-refractivity contribution is 6.04. The Morgan fingerprint density at radius 1 is 1.19 bits per heavy atom. The number of carbonyl (C=O) groups is 1. The summed E-state index contributed by atoms with van der Waals surface area (Å²) in [5.74, 6) is -1.38. The van der Waals surface area contributed by atoms with Gasteiger partial charge in [-0.3, -0.25) is 9.69 Å². The molecule has 6 nitrogen and oxygen atoms in total. The van der Waals surface area contributed by atoms with Crippen LogP contribution in [-0.4, -0.2) is 55.2 Å². The normalized spacial score (nSPS) is 14.8. The second-order valence-electron chi connectivity index (χ2n) is 5.89. The average molecular weight is 362 g/mol. The van der Waals surface area contributed by atoms with Crippen molar-refractivity contribution in [2.45, 2.75) is 0 Å². The molecule has 1 aromatic heterocycles. The fraction of sp³-hybridized carbons (Fsp3) is 0.333. The van der Waals surface area contributed by atoms with Gasteiger partial charge in [-0.2, -0.15) is 0 Å². The first-order valence-electron chi connectivity index (χ1n) is 8.38. The van der Waals surface area contributed by atoms with Crippen molar-refractivity contribution in [1.82, 2.24) is 9.88 Å². The van der Waals surface area contributed by atoms with Gasteiger partial charge in [0.25, 0.3) is 5.91 Å². The maximum atomic E-state index is 13.6. The quantitative estimate of drug-likeness (QED) is 0.826. The Labute approximate surface area is 150 Å². The van der Waals surface area contributed by atoms with Gasteiger partial charge in [-0.15, -0.1) is 0 Å². The van der Waals surface area contributed by atoms with E-state index < -0.39 is 17.5 Å². The summed E-state index contributed by atoms with van der Waals surface area (Å²) in [7, 11) is 0. The number of nitrogens with one attached hydrogen (secondary N) is 2. The van der Waals surface area contributed by atoms with Gasteiger partial charge in [0.1, 0.15) is 17.5 Å². The van der Waals surface area contributed by atoms with E-state index in [0.717, 1.165) is 51.5 Å². The van der Waals surface area contributed by atoms with Crippen LogP contribution in [0, 0.1) is 11.6 Å². The van der Waals surface area contributed by atoms with Crippen LogP contribution < -0.4 is 10.6 Å². The maximum Gasteiger partial charge on any atom is 0.257 e. The fourth-order valence-electron chi connectivity index (χ4n) is 2.58. The molecule has 2 N–H and O–H groups in total. The Hall–Kier alpha value is -2.58. The lowest BCUT2D eigenvalue weighted by Crippen LogP contribution is -2.39. The van der Waals surface area contributed by atoms with Gasteiger partial charge in [0.05, 0.1) is 24.5 Å². The first kappa shape index (κ1) is 18.2. The Balaban J connectivity index is 1.50. The minimum atomic E-state index is -0.826. The number of benzene rings is 1. The summed E-state index contributed by atoms with van der Waals surface area (Å²) >= 11 is 0. The van der Waals surface area contributed by atoms with Gasteiger partial charge in [0.2, 0.25) is 0 Å². The van der Waals surface area contributed by atoms with Gasteiger partial charge in [0.15, 0.2) is 0 Å². The molecule has 1 saturated heterocycles. The zero-order chi connectivity index (χ0) is 18.4. The standard InChI is InChI=1S/C18H20F2N4O2/c19-14-2-3-16(15(20)11-14)23-18(25)13-1-4-17(22-12-13)21-5-6-24-7-9-26-10-8-24/h1-4,11-12H,5-10H2,(H,21,22)(H,23,25). The van der Waals surface area contributed by atoms with E-state index in [4.69, 9.17) is 4.74 Å². The van der Waals surface area contributed by atoms with Crippen molar-refractivity contribution in [2.24, 2.45) is 0 Å². The highest BCUT2D eigenvalue weighted by Crippen LogP contribution is 2.16. The number of pyridine rings is 1. The zero-order valence-electron chi connectivity index (χ0n) is 14.2. The van der Waals surface area contributed by atoms with E-state index in [2.05, 4.69) is 20.5 Å². The molecule has 2 aromatic rings. The van der Waals surface area contributed by atoms with E-state index in [9.17, 15) is 13.6 Å². The first-order chi connectivity index (χ1) is 12.6. The molecule has 0 aliphatic carbocycles. The molecule has 3 rings (SSSR count). The average Bonchev–Trinajstić information content (AvgIpc) is 2.65. The molecular formula is C18H20F2N4O2. The number of ether oxygens (including phenoxy) is 1. The van der Waals surface area contributed by atoms with Crippen LogP contribution in [0.5, 0.6) is 0 Å². The molecular weight excluding hydrogens is 342 g/mol. The molecule has 0 atom stereocenters. The number of amides is 1. The topological polar surface area (TPSA) is 66.5 Å². The lowest BCUT2D eigenvalue weighted by atomic mass is 10.2. The molecule has 1 aromatic carbocycles. The molecule has 138 valence electrons. The van der Waals surface area contributed by atoms with E-state index >= 15 is 0 Å². The second-order valence-corrected chi connectivity index (χ2v) is 5.89. The smallest absolute Gasteiger partial charge is 0.257 e. The van der Waals surface area contributed by atoms with Crippen LogP contribution in [0.4, 0.5) is 20.3 Å². The summed E-state index contributed by atoms with van der Waals surface area (Å²) in [5, 5.41) is 5.60. The number of halogens is 2. The van der Waals surface area contributed by atoms with Crippen LogP contribution in [0.1, 0.15) is 10.4 Å². The van der Waals surface area contributed by atoms with Crippen molar-refractivity contribution in [3.63, 3.8) is 0 Å². The number of aromatic nitrogens is 1. The molecule has 0 bridgehead atoms. The van der Waals surface area contributed by atoms with Crippen molar-refractivity contribution in [3.8, 4) is 0 Å². The van der Waals surface area contributed by atoms with Gasteiger partial charge < -0.3 is 15.4 Å². The fourth-order valence-corrected chi connectivity index (χ4v) is 2.58. The third-order valence-electron chi connectivity index (χ3n) is 4.04. The third-order valence-corrected chi connectivity index (χ3v) is 4.04. The number of rotatable bonds is 6. The van der Waals surface area contributed by atoms with E-state index in [1.165, 1.54) is 12.3 Å². The van der Waals surface area contributed by atoms with Crippen LogP contribution in [-0.2, 0) is 4.74 Å². The zero-order valence-corrected chi connectivity index (χ0v) is 14.2. The number of nitrogens with zero attached hydrogens (tertiary/aromatic N) is 2. The van der Waals surface area contributed by atoms with Crippen LogP contribution >= 0.6 is 0 Å². The summed E-state index contributed by atoms with van der Waals surface area (Å²) < 4.78 is 31.8. The molecule has 26 heavy (non-hydrogen) atoms. The highest BCUT2D eigenvalue weighted by atomic mass is 19.1. The van der Waals surface area contributed by atoms with E-state index in [0.29, 0.717) is 5.82 Å². The summed E-state index contributed by atoms with van der Waals surface area (Å²) in [6.45, 7) is 4.99. The highest BCUT2D eigenvalue weighted by Gasteiger charge is 2.11. The van der Waals surface area contributed by atoms with E-state index in [1.807, 2.05) is 0 Å². The molecule has 2 heterocycles. The summed E-state index contributed by atoms with van der Waals surface area (Å²) in [6.07, 6.45) is 1.41. The molecule has 0 radical (unpaired) electrons. The Bertz CT molecular complexity index is 749. The molecule has 1 aliphatic rings. The van der Waals surface area contributed by atoms with Gasteiger partial charge in [0, 0.05) is 38.4 Å². The lowest BCUT2D eigenvalue weighted by Gasteiger charge is -2.26. The van der Waals surface area contributed by atoms with Crippen molar-refractivity contribution >= 4 is 17.4 Å². The first-order valence-corrected chi connectivity index (χ1v) is 8.38. The number of carbonyl (C=O) groups excluding carboxylic acids is 1. The van der Waals surface area contributed by atoms with E-state index in [-0.39, 0.29) is 11.3 Å². The molecule has 1 aliphatic heterocycles. The van der Waals surface area contributed by atoms with Crippen LogP contribution in [0.2, 0.25) is 0 Å². The molecule has 8 heteroatoms. The number of morpholine rings is 1. The summed E-state index contributed by atoms with van der Waals surface area (Å²) in [5.41, 5.74) is 0.205. The lowest BCUT2D eigenvalue weighted by molar-refractivity contribution is 0.0398. The van der Waals surface area contributed by atoms with Crippen molar-refractivity contribution < 1.29 is 18.3 Å². The number of hydrogen-bond acceptors (Lipinski definition) is 5. The van der Waals surface area contributed by atoms with Crippen LogP contribution in [0.3, 0.4) is 0 Å². The Morgan fingerprint density at radius 2 is 2.00 bits per heavy atom. The molecule has 0 saturated carbocycles. The largest absolute Gasteiger partial charge is 0.379 e. The summed E-state index contributed by atoms with van der Waals surface area (Å²) in [6, 6.07) is 6.27. The maximum absolute atomic E-state index is 13.6. The van der Waals surface area contributed by atoms with Crippen molar-refractivity contribution in [3.05, 3.63) is 53.7 Å². The number of hydrogen-bond donors (Lipinski definition) is 2. The molecule has 1 amide bonds. The second kappa shape index (κ2) is 8.68. The van der Waals surface area contributed by atoms with Crippen molar-refractivity contribution in [1.29, 1.82) is 0 Å². The van der Waals surface area contributed by atoms with Gasteiger partial charge in [-0.25, -0.2) is 13.8 Å². The third kappa shape index (κ3) is 4.96. The van der Waals surface area contributed by atoms with Crippen molar-refractivity contribution in [2.75, 3.05) is 50.0 Å². The van der Waals surface area contributed by atoms with E-state index in [1.54, 1.807) is 12.1 Å². The minimum Gasteiger partial charge on any atom is -0.379 e. The minimum absolute atomic E-state index is 0.0795. The van der Waals surface area contributed by atoms with Crippen LogP contribution in [0.15, 0.2) is 36.5 Å². The van der Waals surface area contributed by atoms with Gasteiger partial charge >= 0.3 is 0 Å². The van der Waals surface area contributed by atoms with Gasteiger partial charge in [-0.05, 0) is 24.3 Å². The number of anilines is 2. The predicted octanol–water partition coefficient (Wildman–Crippen LogP) is 2.36.